The highest BCUT2D eigenvalue weighted by Crippen LogP contribution is 1.93. The number of rotatable bonds is 5. The number of hydrogen-bond acceptors (Lipinski definition) is 7. The fourth-order valence-electron chi connectivity index (χ4n) is 1.27. The van der Waals surface area contributed by atoms with Crippen molar-refractivity contribution in [2.75, 3.05) is 11.9 Å². The van der Waals surface area contributed by atoms with E-state index in [0.29, 0.717) is 0 Å². The first-order valence-corrected chi connectivity index (χ1v) is 5.47. The van der Waals surface area contributed by atoms with Crippen LogP contribution in [0.15, 0.2) is 6.20 Å². The Balaban J connectivity index is 1.74. The number of carboxylic acid groups (broad SMARTS) is 1. The first-order chi connectivity index (χ1) is 9.54. The third-order valence-corrected chi connectivity index (χ3v) is 2.12. The number of aromatic carboxylic acids is 1. The molecule has 2 aromatic heterocycles. The highest BCUT2D eigenvalue weighted by atomic mass is 16.4. The van der Waals surface area contributed by atoms with E-state index in [1.165, 1.54) is 15.7 Å². The molecule has 12 heteroatoms. The second-order valence-corrected chi connectivity index (χ2v) is 3.66. The van der Waals surface area contributed by atoms with Crippen molar-refractivity contribution in [3.8, 4) is 0 Å². The smallest absolute Gasteiger partial charge is 0.358 e. The highest BCUT2D eigenvalue weighted by molar-refractivity contribution is 5.87. The third kappa shape index (κ3) is 3.47. The van der Waals surface area contributed by atoms with Gasteiger partial charge in [-0.1, -0.05) is 10.3 Å². The summed E-state index contributed by atoms with van der Waals surface area (Å²) >= 11 is 0. The minimum absolute atomic E-state index is 0.0823. The van der Waals surface area contributed by atoms with Crippen LogP contribution in [0, 0.1) is 0 Å². The van der Waals surface area contributed by atoms with Crippen LogP contribution >= 0.6 is 0 Å². The van der Waals surface area contributed by atoms with E-state index >= 15 is 0 Å². The van der Waals surface area contributed by atoms with E-state index < -0.39 is 12.0 Å². The van der Waals surface area contributed by atoms with Crippen LogP contribution in [0.3, 0.4) is 0 Å². The van der Waals surface area contributed by atoms with Crippen LogP contribution in [-0.2, 0) is 13.6 Å². The average Bonchev–Trinajstić information content (AvgIpc) is 2.99. The summed E-state index contributed by atoms with van der Waals surface area (Å²) in [7, 11) is 1.57. The number of carbonyl (C=O) groups excluding carboxylic acids is 1. The summed E-state index contributed by atoms with van der Waals surface area (Å²) in [5.74, 6) is -1.07. The van der Waals surface area contributed by atoms with Crippen molar-refractivity contribution in [2.24, 2.45) is 7.05 Å². The lowest BCUT2D eigenvalue weighted by Crippen LogP contribution is -2.32. The normalized spacial score (nSPS) is 10.2. The van der Waals surface area contributed by atoms with Gasteiger partial charge in [0.1, 0.15) is 0 Å². The van der Waals surface area contributed by atoms with E-state index in [1.54, 1.807) is 7.05 Å². The summed E-state index contributed by atoms with van der Waals surface area (Å²) in [4.78, 5) is 23.2. The number of anilines is 1. The minimum Gasteiger partial charge on any atom is -0.476 e. The van der Waals surface area contributed by atoms with Crippen molar-refractivity contribution < 1.29 is 14.7 Å². The van der Waals surface area contributed by atoms with Gasteiger partial charge in [-0.3, -0.25) is 5.32 Å². The maximum absolute atomic E-state index is 11.4. The summed E-state index contributed by atoms with van der Waals surface area (Å²) in [5, 5.41) is 31.5. The molecule has 0 saturated carbocycles. The van der Waals surface area contributed by atoms with E-state index in [9.17, 15) is 9.59 Å². The molecule has 0 spiro atoms. The fraction of sp³-hybridized carbons (Fsp3) is 0.375. The first kappa shape index (κ1) is 13.4. The van der Waals surface area contributed by atoms with Crippen LogP contribution in [0.4, 0.5) is 10.7 Å². The standard InChI is InChI=1S/C8H11N9O3/c1-16-13-7(12-14-16)10-8(20)9-2-3-17-4-5(6(18)19)11-15-17/h4H,2-3H2,1H3,(H,18,19)(H2,9,10,13,20). The number of carbonyl (C=O) groups is 2. The quantitative estimate of drug-likeness (QED) is 0.587. The molecule has 0 aliphatic carbocycles. The lowest BCUT2D eigenvalue weighted by Gasteiger charge is -2.04. The third-order valence-electron chi connectivity index (χ3n) is 2.12. The second-order valence-electron chi connectivity index (χ2n) is 3.66. The molecule has 0 atom stereocenters. The Kier molecular flexibility index (Phi) is 3.83. The number of nitrogens with one attached hydrogen (secondary N) is 2. The largest absolute Gasteiger partial charge is 0.476 e. The van der Waals surface area contributed by atoms with Crippen molar-refractivity contribution >= 4 is 17.9 Å². The zero-order valence-electron chi connectivity index (χ0n) is 10.4. The number of nitrogens with zero attached hydrogens (tertiary/aromatic N) is 7. The highest BCUT2D eigenvalue weighted by Gasteiger charge is 2.09. The summed E-state index contributed by atoms with van der Waals surface area (Å²) in [6.07, 6.45) is 1.27. The lowest BCUT2D eigenvalue weighted by molar-refractivity contribution is 0.0690. The summed E-state index contributed by atoms with van der Waals surface area (Å²) in [6.45, 7) is 0.510. The van der Waals surface area contributed by atoms with Crippen LogP contribution < -0.4 is 10.6 Å². The molecule has 2 aromatic rings. The van der Waals surface area contributed by atoms with Crippen molar-refractivity contribution in [1.82, 2.24) is 40.5 Å². The van der Waals surface area contributed by atoms with E-state index in [-0.39, 0.29) is 24.7 Å². The number of carboxylic acids is 1. The maximum Gasteiger partial charge on any atom is 0.358 e. The summed E-state index contributed by atoms with van der Waals surface area (Å²) in [6, 6.07) is -0.503. The lowest BCUT2D eigenvalue weighted by atomic mass is 10.5. The van der Waals surface area contributed by atoms with Crippen molar-refractivity contribution in [3.63, 3.8) is 0 Å². The molecule has 0 fully saturated rings. The number of amides is 2. The number of hydrogen-bond donors (Lipinski definition) is 3. The molecule has 2 heterocycles. The number of tetrazole rings is 1. The summed E-state index contributed by atoms with van der Waals surface area (Å²) in [5.41, 5.74) is -0.154. The molecule has 0 bridgehead atoms. The molecule has 2 rings (SSSR count). The molecule has 12 nitrogen and oxygen atoms in total. The zero-order chi connectivity index (χ0) is 14.5. The molecule has 106 valence electrons. The van der Waals surface area contributed by atoms with E-state index in [2.05, 4.69) is 36.4 Å². The van der Waals surface area contributed by atoms with Gasteiger partial charge in [-0.2, -0.15) is 4.80 Å². The van der Waals surface area contributed by atoms with Gasteiger partial charge in [-0.25, -0.2) is 14.3 Å². The Hall–Kier alpha value is -3.05. The van der Waals surface area contributed by atoms with Gasteiger partial charge in [0.15, 0.2) is 5.69 Å². The molecular formula is C8H11N9O3. The number of aryl methyl sites for hydroxylation is 1. The van der Waals surface area contributed by atoms with E-state index in [4.69, 9.17) is 5.11 Å². The van der Waals surface area contributed by atoms with Gasteiger partial charge >= 0.3 is 12.0 Å². The van der Waals surface area contributed by atoms with Gasteiger partial charge in [0.05, 0.1) is 19.8 Å². The fourth-order valence-corrected chi connectivity index (χ4v) is 1.27. The molecule has 0 unspecified atom stereocenters. The Morgan fingerprint density at radius 1 is 1.35 bits per heavy atom. The predicted molar refractivity (Wildman–Crippen MR) is 62.8 cm³/mol. The van der Waals surface area contributed by atoms with Crippen LogP contribution in [-0.4, -0.2) is 58.9 Å². The van der Waals surface area contributed by atoms with Gasteiger partial charge in [0.25, 0.3) is 5.95 Å². The van der Waals surface area contributed by atoms with Crippen molar-refractivity contribution in [1.29, 1.82) is 0 Å². The van der Waals surface area contributed by atoms with Gasteiger partial charge in [-0.15, -0.1) is 10.2 Å². The average molecular weight is 281 g/mol. The molecule has 0 aliphatic rings. The molecule has 2 amide bonds. The molecule has 20 heavy (non-hydrogen) atoms. The predicted octanol–water partition coefficient (Wildman–Crippen LogP) is -1.68. The van der Waals surface area contributed by atoms with Crippen LogP contribution in [0.5, 0.6) is 0 Å². The molecule has 0 radical (unpaired) electrons. The number of aromatic nitrogens is 7. The Bertz CT molecular complexity index is 618. The molecule has 0 saturated heterocycles. The maximum atomic E-state index is 11.4. The monoisotopic (exact) mass is 281 g/mol. The van der Waals surface area contributed by atoms with Gasteiger partial charge in [0, 0.05) is 6.54 Å². The number of urea groups is 1. The van der Waals surface area contributed by atoms with E-state index in [0.717, 1.165) is 0 Å². The molecule has 0 aromatic carbocycles. The van der Waals surface area contributed by atoms with Crippen LogP contribution in [0.25, 0.3) is 0 Å². The topological polar surface area (TPSA) is 153 Å². The summed E-state index contributed by atoms with van der Waals surface area (Å²) < 4.78 is 1.31. The zero-order valence-corrected chi connectivity index (χ0v) is 10.4. The molecule has 3 N–H and O–H groups in total. The Morgan fingerprint density at radius 2 is 2.15 bits per heavy atom. The minimum atomic E-state index is -1.16. The van der Waals surface area contributed by atoms with Crippen LogP contribution in [0.1, 0.15) is 10.5 Å². The Labute approximate surface area is 111 Å². The Morgan fingerprint density at radius 3 is 2.75 bits per heavy atom. The van der Waals surface area contributed by atoms with Crippen molar-refractivity contribution in [2.45, 2.75) is 6.54 Å². The van der Waals surface area contributed by atoms with Gasteiger partial charge in [0.2, 0.25) is 0 Å². The second kappa shape index (κ2) is 5.73. The molecule has 0 aliphatic heterocycles. The first-order valence-electron chi connectivity index (χ1n) is 5.47. The van der Waals surface area contributed by atoms with E-state index in [1.807, 2.05) is 0 Å². The molecular weight excluding hydrogens is 270 g/mol. The van der Waals surface area contributed by atoms with Crippen LogP contribution in [0.2, 0.25) is 0 Å². The van der Waals surface area contributed by atoms with Gasteiger partial charge in [-0.05, 0) is 5.21 Å². The van der Waals surface area contributed by atoms with Crippen molar-refractivity contribution in [3.05, 3.63) is 11.9 Å². The SMILES string of the molecule is Cn1nnc(NC(=O)NCCn2cc(C(=O)O)nn2)n1. The van der Waals surface area contributed by atoms with Gasteiger partial charge < -0.3 is 10.4 Å².